The molecule has 2 unspecified atom stereocenters. The maximum absolute atomic E-state index is 12.9. The highest BCUT2D eigenvalue weighted by Crippen LogP contribution is 2.30. The first-order valence-electron chi connectivity index (χ1n) is 6.96. The number of hydrogen-bond donors (Lipinski definition) is 1. The van der Waals surface area contributed by atoms with E-state index in [9.17, 15) is 4.79 Å². The van der Waals surface area contributed by atoms with Crippen LogP contribution in [0.4, 0.5) is 0 Å². The summed E-state index contributed by atoms with van der Waals surface area (Å²) >= 11 is 2.27. The van der Waals surface area contributed by atoms with Crippen LogP contribution in [-0.2, 0) is 0 Å². The van der Waals surface area contributed by atoms with Crippen LogP contribution < -0.4 is 5.32 Å². The van der Waals surface area contributed by atoms with Crippen LogP contribution in [0.15, 0.2) is 18.2 Å². The molecule has 0 radical (unpaired) electrons. The van der Waals surface area contributed by atoms with E-state index >= 15 is 0 Å². The third-order valence-corrected chi connectivity index (χ3v) is 5.18. The van der Waals surface area contributed by atoms with Crippen molar-refractivity contribution < 1.29 is 4.79 Å². The summed E-state index contributed by atoms with van der Waals surface area (Å²) in [4.78, 5) is 15.0. The van der Waals surface area contributed by atoms with Crippen molar-refractivity contribution in [3.8, 4) is 0 Å². The molecule has 1 aromatic carbocycles. The fraction of sp³-hybridized carbons (Fsp3) is 0.533. The minimum absolute atomic E-state index is 0. The number of rotatable bonds is 1. The molecule has 2 fully saturated rings. The van der Waals surface area contributed by atoms with Crippen molar-refractivity contribution in [1.82, 2.24) is 10.2 Å². The first-order chi connectivity index (χ1) is 9.16. The molecule has 2 heterocycles. The Morgan fingerprint density at radius 3 is 2.85 bits per heavy atom. The number of nitrogens with zero attached hydrogens (tertiary/aromatic N) is 1. The largest absolute Gasteiger partial charge is 0.331 e. The van der Waals surface area contributed by atoms with E-state index in [0.29, 0.717) is 12.1 Å². The van der Waals surface area contributed by atoms with Gasteiger partial charge in [-0.1, -0.05) is 11.6 Å². The topological polar surface area (TPSA) is 32.3 Å². The number of benzene rings is 1. The smallest absolute Gasteiger partial charge is 0.255 e. The molecule has 1 N–H and O–H groups in total. The monoisotopic (exact) mass is 406 g/mol. The number of aryl methyl sites for hydroxylation is 1. The number of carbonyl (C=O) groups excluding carboxylic acids is 1. The quantitative estimate of drug-likeness (QED) is 0.727. The van der Waals surface area contributed by atoms with Crippen LogP contribution in [0, 0.1) is 10.5 Å². The molecule has 2 aliphatic heterocycles. The van der Waals surface area contributed by atoms with E-state index < -0.39 is 0 Å². The fourth-order valence-corrected chi connectivity index (χ4v) is 3.82. The molecular weight excluding hydrogens is 387 g/mol. The third kappa shape index (κ3) is 2.97. The van der Waals surface area contributed by atoms with E-state index in [2.05, 4.69) is 38.9 Å². The van der Waals surface area contributed by atoms with Crippen molar-refractivity contribution in [3.63, 3.8) is 0 Å². The maximum Gasteiger partial charge on any atom is 0.255 e. The van der Waals surface area contributed by atoms with Crippen molar-refractivity contribution >= 4 is 40.9 Å². The van der Waals surface area contributed by atoms with Gasteiger partial charge < -0.3 is 10.2 Å². The van der Waals surface area contributed by atoms with Gasteiger partial charge in [0.25, 0.3) is 5.91 Å². The minimum atomic E-state index is 0. The molecule has 2 bridgehead atoms. The SMILES string of the molecule is Cc1ccc(I)c(C(=O)N2C3CCNCC2CC3)c1.Cl. The van der Waals surface area contributed by atoms with Gasteiger partial charge in [0.15, 0.2) is 0 Å². The van der Waals surface area contributed by atoms with Gasteiger partial charge in [-0.05, 0) is 67.5 Å². The Morgan fingerprint density at radius 2 is 2.05 bits per heavy atom. The Hall–Kier alpha value is -0.330. The van der Waals surface area contributed by atoms with Gasteiger partial charge in [-0.15, -0.1) is 12.4 Å². The lowest BCUT2D eigenvalue weighted by Gasteiger charge is -2.28. The molecule has 20 heavy (non-hydrogen) atoms. The van der Waals surface area contributed by atoms with Crippen LogP contribution in [0.1, 0.15) is 35.2 Å². The van der Waals surface area contributed by atoms with Crippen LogP contribution in [0.5, 0.6) is 0 Å². The Kier molecular flexibility index (Phi) is 5.31. The molecule has 2 saturated heterocycles. The summed E-state index contributed by atoms with van der Waals surface area (Å²) in [6.45, 7) is 4.03. The van der Waals surface area contributed by atoms with E-state index in [0.717, 1.165) is 40.6 Å². The molecule has 5 heteroatoms. The molecule has 3 nitrogen and oxygen atoms in total. The number of halogens is 2. The standard InChI is InChI=1S/C15H19IN2O.ClH/c1-10-2-5-14(16)13(8-10)15(19)18-11-3-4-12(18)9-17-7-6-11;/h2,5,8,11-12,17H,3-4,6-7,9H2,1H3;1H. The average molecular weight is 407 g/mol. The summed E-state index contributed by atoms with van der Waals surface area (Å²) in [5, 5.41) is 3.45. The van der Waals surface area contributed by atoms with Crippen LogP contribution in [0.25, 0.3) is 0 Å². The van der Waals surface area contributed by atoms with E-state index in [1.165, 1.54) is 6.42 Å². The average Bonchev–Trinajstić information content (AvgIpc) is 2.65. The van der Waals surface area contributed by atoms with E-state index in [1.54, 1.807) is 0 Å². The second kappa shape index (κ2) is 6.62. The zero-order valence-electron chi connectivity index (χ0n) is 11.6. The first-order valence-corrected chi connectivity index (χ1v) is 8.04. The highest BCUT2D eigenvalue weighted by molar-refractivity contribution is 14.1. The highest BCUT2D eigenvalue weighted by atomic mass is 127. The van der Waals surface area contributed by atoms with Crippen LogP contribution in [0.2, 0.25) is 0 Å². The van der Waals surface area contributed by atoms with Crippen LogP contribution in [-0.4, -0.2) is 36.0 Å². The summed E-state index contributed by atoms with van der Waals surface area (Å²) in [7, 11) is 0. The van der Waals surface area contributed by atoms with Crippen molar-refractivity contribution in [1.29, 1.82) is 0 Å². The molecule has 1 aromatic rings. The fourth-order valence-electron chi connectivity index (χ4n) is 3.26. The Balaban J connectivity index is 0.00000147. The van der Waals surface area contributed by atoms with Crippen molar-refractivity contribution in [2.75, 3.05) is 13.1 Å². The second-order valence-corrected chi connectivity index (χ2v) is 6.74. The van der Waals surface area contributed by atoms with Gasteiger partial charge in [0.05, 0.1) is 5.56 Å². The number of nitrogens with one attached hydrogen (secondary N) is 1. The molecule has 2 atom stereocenters. The summed E-state index contributed by atoms with van der Waals surface area (Å²) < 4.78 is 1.06. The Morgan fingerprint density at radius 1 is 1.30 bits per heavy atom. The number of hydrogen-bond acceptors (Lipinski definition) is 2. The van der Waals surface area contributed by atoms with Crippen molar-refractivity contribution in [2.45, 2.75) is 38.3 Å². The lowest BCUT2D eigenvalue weighted by molar-refractivity contribution is 0.0679. The third-order valence-electron chi connectivity index (χ3n) is 4.24. The summed E-state index contributed by atoms with van der Waals surface area (Å²) in [6, 6.07) is 6.96. The summed E-state index contributed by atoms with van der Waals surface area (Å²) in [5.74, 6) is 0.226. The molecular formula is C15H20ClIN2O. The van der Waals surface area contributed by atoms with Gasteiger partial charge in [0.1, 0.15) is 0 Å². The molecule has 0 spiro atoms. The maximum atomic E-state index is 12.9. The second-order valence-electron chi connectivity index (χ2n) is 5.57. The lowest BCUT2D eigenvalue weighted by Crippen LogP contribution is -2.42. The first kappa shape index (κ1) is 16.0. The molecule has 110 valence electrons. The van der Waals surface area contributed by atoms with Gasteiger partial charge >= 0.3 is 0 Å². The highest BCUT2D eigenvalue weighted by Gasteiger charge is 2.38. The van der Waals surface area contributed by atoms with Crippen LogP contribution in [0.3, 0.4) is 0 Å². The molecule has 0 aliphatic carbocycles. The van der Waals surface area contributed by atoms with Crippen LogP contribution >= 0.6 is 35.0 Å². The van der Waals surface area contributed by atoms with Gasteiger partial charge in [-0.2, -0.15) is 0 Å². The Bertz CT molecular complexity index is 495. The van der Waals surface area contributed by atoms with Crippen molar-refractivity contribution in [2.24, 2.45) is 0 Å². The zero-order valence-corrected chi connectivity index (χ0v) is 14.5. The molecule has 3 rings (SSSR count). The zero-order chi connectivity index (χ0) is 13.4. The summed E-state index contributed by atoms with van der Waals surface area (Å²) in [5.41, 5.74) is 2.03. The Labute approximate surface area is 140 Å². The van der Waals surface area contributed by atoms with E-state index in [4.69, 9.17) is 0 Å². The normalized spacial score (nSPS) is 25.0. The predicted octanol–water partition coefficient (Wildman–Crippen LogP) is 2.99. The molecule has 0 saturated carbocycles. The lowest BCUT2D eigenvalue weighted by atomic mass is 10.1. The number of fused-ring (bicyclic) bond motifs is 2. The minimum Gasteiger partial charge on any atom is -0.331 e. The van der Waals surface area contributed by atoms with Gasteiger partial charge in [0, 0.05) is 22.2 Å². The number of amides is 1. The number of carbonyl (C=O) groups is 1. The van der Waals surface area contributed by atoms with E-state index in [1.807, 2.05) is 19.1 Å². The molecule has 1 amide bonds. The summed E-state index contributed by atoms with van der Waals surface area (Å²) in [6.07, 6.45) is 3.40. The van der Waals surface area contributed by atoms with Gasteiger partial charge in [0.2, 0.25) is 0 Å². The predicted molar refractivity (Wildman–Crippen MR) is 91.6 cm³/mol. The van der Waals surface area contributed by atoms with E-state index in [-0.39, 0.29) is 18.3 Å². The van der Waals surface area contributed by atoms with Crippen molar-refractivity contribution in [3.05, 3.63) is 32.9 Å². The molecule has 0 aromatic heterocycles. The van der Waals surface area contributed by atoms with Gasteiger partial charge in [-0.25, -0.2) is 0 Å². The van der Waals surface area contributed by atoms with Gasteiger partial charge in [-0.3, -0.25) is 4.79 Å². The molecule has 2 aliphatic rings.